The number of rotatable bonds is 4. The van der Waals surface area contributed by atoms with E-state index in [1.807, 2.05) is 12.1 Å². The lowest BCUT2D eigenvalue weighted by Crippen LogP contribution is -2.31. The molecule has 1 N–H and O–H groups in total. The summed E-state index contributed by atoms with van der Waals surface area (Å²) >= 11 is 5.30. The maximum atomic E-state index is 5.95. The first kappa shape index (κ1) is 13.2. The van der Waals surface area contributed by atoms with Gasteiger partial charge < -0.3 is 10.1 Å². The molecule has 2 atom stereocenters. The van der Waals surface area contributed by atoms with Crippen LogP contribution < -0.4 is 10.1 Å². The van der Waals surface area contributed by atoms with E-state index in [9.17, 15) is 0 Å². The average Bonchev–Trinajstić information content (AvgIpc) is 3.04. The summed E-state index contributed by atoms with van der Waals surface area (Å²) in [4.78, 5) is 1.37. The van der Waals surface area contributed by atoms with Crippen molar-refractivity contribution in [2.75, 3.05) is 6.54 Å². The Morgan fingerprint density at radius 1 is 1.47 bits per heavy atom. The van der Waals surface area contributed by atoms with E-state index in [2.05, 4.69) is 51.7 Å². The Kier molecular flexibility index (Phi) is 3.91. The van der Waals surface area contributed by atoms with Crippen LogP contribution in [0.1, 0.15) is 23.4 Å². The first-order chi connectivity index (χ1) is 9.22. The highest BCUT2D eigenvalue weighted by atomic mass is 79.9. The lowest BCUT2D eigenvalue weighted by atomic mass is 10.1. The number of hydrogen-bond donors (Lipinski definition) is 1. The first-order valence-electron chi connectivity index (χ1n) is 6.44. The molecule has 0 radical (unpaired) electrons. The molecule has 0 saturated heterocycles. The van der Waals surface area contributed by atoms with Crippen LogP contribution in [0.3, 0.4) is 0 Å². The third-order valence-corrected chi connectivity index (χ3v) is 4.93. The summed E-state index contributed by atoms with van der Waals surface area (Å²) in [5.41, 5.74) is 1.30. The van der Waals surface area contributed by atoms with Gasteiger partial charge in [0.15, 0.2) is 0 Å². The Morgan fingerprint density at radius 3 is 3.16 bits per heavy atom. The fraction of sp³-hybridized carbons (Fsp3) is 0.333. The lowest BCUT2D eigenvalue weighted by molar-refractivity contribution is 0.223. The minimum absolute atomic E-state index is 0.242. The smallest absolute Gasteiger partial charge is 0.123 e. The van der Waals surface area contributed by atoms with Crippen LogP contribution in [0, 0.1) is 0 Å². The molecule has 0 spiro atoms. The number of hydrogen-bond acceptors (Lipinski definition) is 3. The van der Waals surface area contributed by atoms with Crippen LogP contribution in [0.4, 0.5) is 0 Å². The molecular weight excluding hydrogens is 322 g/mol. The SMILES string of the molecule is C[C@@H](NCC1Cc2cc(Br)ccc2O1)c1cccs1. The van der Waals surface area contributed by atoms with E-state index in [4.69, 9.17) is 4.74 Å². The highest BCUT2D eigenvalue weighted by Crippen LogP contribution is 2.31. The van der Waals surface area contributed by atoms with Gasteiger partial charge in [-0.2, -0.15) is 0 Å². The van der Waals surface area contributed by atoms with Gasteiger partial charge in [0.25, 0.3) is 0 Å². The van der Waals surface area contributed by atoms with Crippen LogP contribution in [0.5, 0.6) is 5.75 Å². The molecular formula is C15H16BrNOS. The van der Waals surface area contributed by atoms with Gasteiger partial charge in [-0.15, -0.1) is 11.3 Å². The van der Waals surface area contributed by atoms with Gasteiger partial charge in [0.1, 0.15) is 11.9 Å². The van der Waals surface area contributed by atoms with Crippen molar-refractivity contribution in [3.05, 3.63) is 50.6 Å². The van der Waals surface area contributed by atoms with Crippen molar-refractivity contribution < 1.29 is 4.74 Å². The van der Waals surface area contributed by atoms with E-state index in [1.165, 1.54) is 10.4 Å². The Morgan fingerprint density at radius 2 is 2.37 bits per heavy atom. The molecule has 19 heavy (non-hydrogen) atoms. The van der Waals surface area contributed by atoms with Gasteiger partial charge in [0, 0.05) is 28.4 Å². The Labute approximate surface area is 125 Å². The number of halogens is 1. The van der Waals surface area contributed by atoms with E-state index in [0.717, 1.165) is 23.2 Å². The van der Waals surface area contributed by atoms with Crippen molar-refractivity contribution in [3.8, 4) is 5.75 Å². The molecule has 1 aliphatic rings. The van der Waals surface area contributed by atoms with Gasteiger partial charge in [0.2, 0.25) is 0 Å². The summed E-state index contributed by atoms with van der Waals surface area (Å²) < 4.78 is 7.07. The second-order valence-electron chi connectivity index (χ2n) is 4.84. The topological polar surface area (TPSA) is 21.3 Å². The predicted molar refractivity (Wildman–Crippen MR) is 83.0 cm³/mol. The van der Waals surface area contributed by atoms with Gasteiger partial charge in [-0.1, -0.05) is 22.0 Å². The highest BCUT2D eigenvalue weighted by molar-refractivity contribution is 9.10. The lowest BCUT2D eigenvalue weighted by Gasteiger charge is -2.16. The fourth-order valence-corrected chi connectivity index (χ4v) is 3.52. The predicted octanol–water partition coefficient (Wildman–Crippen LogP) is 4.16. The number of thiophene rings is 1. The van der Waals surface area contributed by atoms with Crippen LogP contribution in [0.25, 0.3) is 0 Å². The summed E-state index contributed by atoms with van der Waals surface area (Å²) in [5, 5.41) is 5.67. The van der Waals surface area contributed by atoms with Crippen LogP contribution in [-0.4, -0.2) is 12.6 Å². The van der Waals surface area contributed by atoms with Crippen molar-refractivity contribution in [1.29, 1.82) is 0 Å². The largest absolute Gasteiger partial charge is 0.488 e. The van der Waals surface area contributed by atoms with E-state index in [0.29, 0.717) is 6.04 Å². The maximum absolute atomic E-state index is 5.95. The van der Waals surface area contributed by atoms with E-state index in [1.54, 1.807) is 11.3 Å². The van der Waals surface area contributed by atoms with Gasteiger partial charge in [0.05, 0.1) is 0 Å². The van der Waals surface area contributed by atoms with E-state index >= 15 is 0 Å². The molecule has 0 aliphatic carbocycles. The minimum Gasteiger partial charge on any atom is -0.488 e. The molecule has 2 heterocycles. The summed E-state index contributed by atoms with van der Waals surface area (Å²) in [6.45, 7) is 3.08. The van der Waals surface area contributed by atoms with Crippen LogP contribution in [0.2, 0.25) is 0 Å². The quantitative estimate of drug-likeness (QED) is 0.904. The van der Waals surface area contributed by atoms with Crippen molar-refractivity contribution in [2.45, 2.75) is 25.5 Å². The van der Waals surface area contributed by atoms with Crippen molar-refractivity contribution >= 4 is 27.3 Å². The molecule has 1 aromatic carbocycles. The molecule has 1 unspecified atom stereocenters. The van der Waals surface area contributed by atoms with Gasteiger partial charge in [-0.05, 0) is 42.1 Å². The average molecular weight is 338 g/mol. The second kappa shape index (κ2) is 5.65. The fourth-order valence-electron chi connectivity index (χ4n) is 2.35. The van der Waals surface area contributed by atoms with Crippen LogP contribution >= 0.6 is 27.3 Å². The molecule has 1 aromatic heterocycles. The van der Waals surface area contributed by atoms with Gasteiger partial charge in [-0.25, -0.2) is 0 Å². The molecule has 0 amide bonds. The van der Waals surface area contributed by atoms with Gasteiger partial charge >= 0.3 is 0 Å². The zero-order valence-electron chi connectivity index (χ0n) is 10.7. The third kappa shape index (κ3) is 3.02. The zero-order valence-corrected chi connectivity index (χ0v) is 13.1. The van der Waals surface area contributed by atoms with Crippen molar-refractivity contribution in [2.24, 2.45) is 0 Å². The number of fused-ring (bicyclic) bond motifs is 1. The monoisotopic (exact) mass is 337 g/mol. The highest BCUT2D eigenvalue weighted by Gasteiger charge is 2.23. The molecule has 2 aromatic rings. The van der Waals surface area contributed by atoms with Crippen molar-refractivity contribution in [1.82, 2.24) is 5.32 Å². The van der Waals surface area contributed by atoms with E-state index < -0.39 is 0 Å². The molecule has 1 aliphatic heterocycles. The molecule has 100 valence electrons. The van der Waals surface area contributed by atoms with Crippen LogP contribution in [-0.2, 0) is 6.42 Å². The molecule has 2 nitrogen and oxygen atoms in total. The maximum Gasteiger partial charge on any atom is 0.123 e. The number of benzene rings is 1. The van der Waals surface area contributed by atoms with E-state index in [-0.39, 0.29) is 6.10 Å². The normalized spacial score (nSPS) is 18.9. The third-order valence-electron chi connectivity index (χ3n) is 3.39. The molecule has 0 fully saturated rings. The zero-order chi connectivity index (χ0) is 13.2. The molecule has 0 bridgehead atoms. The van der Waals surface area contributed by atoms with Crippen molar-refractivity contribution in [3.63, 3.8) is 0 Å². The van der Waals surface area contributed by atoms with Gasteiger partial charge in [-0.3, -0.25) is 0 Å². The standard InChI is InChI=1S/C15H16BrNOS/c1-10(15-3-2-6-19-15)17-9-13-8-11-7-12(16)4-5-14(11)18-13/h2-7,10,13,17H,8-9H2,1H3/t10-,13?/m1/s1. The second-order valence-corrected chi connectivity index (χ2v) is 6.74. The number of ether oxygens (including phenoxy) is 1. The number of nitrogens with one attached hydrogen (secondary N) is 1. The summed E-state index contributed by atoms with van der Waals surface area (Å²) in [7, 11) is 0. The molecule has 0 saturated carbocycles. The molecule has 4 heteroatoms. The Bertz CT molecular complexity index is 555. The van der Waals surface area contributed by atoms with Crippen LogP contribution in [0.15, 0.2) is 40.2 Å². The summed E-state index contributed by atoms with van der Waals surface area (Å²) in [5.74, 6) is 1.03. The summed E-state index contributed by atoms with van der Waals surface area (Å²) in [6, 6.07) is 10.9. The molecule has 3 rings (SSSR count). The Hall–Kier alpha value is -0.840. The first-order valence-corrected chi connectivity index (χ1v) is 8.11. The summed E-state index contributed by atoms with van der Waals surface area (Å²) in [6.07, 6.45) is 1.23. The Balaban J connectivity index is 1.56. The minimum atomic E-state index is 0.242.